The number of benzene rings is 2. The number of likely N-dealkylation sites (N-methyl/N-ethyl adjacent to an activating group) is 1. The number of anilines is 1. The Morgan fingerprint density at radius 2 is 1.83 bits per heavy atom. The number of aromatic nitrogens is 2. The molecule has 0 aliphatic rings. The van der Waals surface area contributed by atoms with Crippen LogP contribution in [0.3, 0.4) is 0 Å². The molecule has 2 amide bonds. The Morgan fingerprint density at radius 3 is 2.50 bits per heavy atom. The highest BCUT2D eigenvalue weighted by molar-refractivity contribution is 6.30. The number of furan rings is 1. The summed E-state index contributed by atoms with van der Waals surface area (Å²) in [6.45, 7) is 2.81. The van der Waals surface area contributed by atoms with Crippen molar-refractivity contribution < 1.29 is 14.0 Å². The van der Waals surface area contributed by atoms with E-state index in [0.717, 1.165) is 16.8 Å². The number of hydrogen-bond acceptors (Lipinski definition) is 5. The van der Waals surface area contributed by atoms with Crippen molar-refractivity contribution in [2.24, 2.45) is 0 Å². The molecule has 0 saturated heterocycles. The van der Waals surface area contributed by atoms with Crippen molar-refractivity contribution in [1.82, 2.24) is 19.4 Å². The van der Waals surface area contributed by atoms with E-state index < -0.39 is 0 Å². The van der Waals surface area contributed by atoms with E-state index in [-0.39, 0.29) is 24.1 Å². The molecule has 4 rings (SSSR count). The van der Waals surface area contributed by atoms with Gasteiger partial charge in [-0.1, -0.05) is 35.9 Å². The first-order chi connectivity index (χ1) is 17.3. The topological polar surface area (TPSA) is 83.6 Å². The number of halogens is 1. The maximum absolute atomic E-state index is 13.2. The molecule has 0 unspecified atom stereocenters. The van der Waals surface area contributed by atoms with E-state index in [9.17, 15) is 9.59 Å². The van der Waals surface area contributed by atoms with Gasteiger partial charge < -0.3 is 14.2 Å². The van der Waals surface area contributed by atoms with Crippen molar-refractivity contribution >= 4 is 29.4 Å². The number of amides is 2. The lowest BCUT2D eigenvalue weighted by Crippen LogP contribution is -2.41. The van der Waals surface area contributed by atoms with Crippen molar-refractivity contribution in [3.63, 3.8) is 0 Å². The number of carbonyl (C=O) groups is 2. The minimum Gasteiger partial charge on any atom is -0.459 e. The summed E-state index contributed by atoms with van der Waals surface area (Å²) < 4.78 is 7.10. The first-order valence-corrected chi connectivity index (χ1v) is 11.9. The van der Waals surface area contributed by atoms with Crippen LogP contribution in [0.15, 0.2) is 77.5 Å². The van der Waals surface area contributed by atoms with Crippen molar-refractivity contribution in [2.45, 2.75) is 6.92 Å². The van der Waals surface area contributed by atoms with Crippen LogP contribution in [-0.4, -0.2) is 64.9 Å². The third-order valence-electron chi connectivity index (χ3n) is 5.55. The Hall–Kier alpha value is -3.88. The van der Waals surface area contributed by atoms with E-state index in [4.69, 9.17) is 21.0 Å². The minimum absolute atomic E-state index is 0.148. The van der Waals surface area contributed by atoms with Crippen LogP contribution in [-0.2, 0) is 4.79 Å². The zero-order valence-electron chi connectivity index (χ0n) is 20.4. The number of carbonyl (C=O) groups excluding carboxylic acids is 2. The molecule has 0 atom stereocenters. The van der Waals surface area contributed by atoms with E-state index in [1.165, 1.54) is 11.2 Å². The fraction of sp³-hybridized carbons (Fsp3) is 0.222. The van der Waals surface area contributed by atoms with Gasteiger partial charge in [-0.25, -0.2) is 4.98 Å². The zero-order chi connectivity index (χ0) is 25.7. The molecular formula is C27H28ClN5O3. The Kier molecular flexibility index (Phi) is 7.87. The van der Waals surface area contributed by atoms with Gasteiger partial charge >= 0.3 is 0 Å². The van der Waals surface area contributed by atoms with Crippen LogP contribution in [0, 0.1) is 6.92 Å². The number of nitrogens with zero attached hydrogens (tertiary/aromatic N) is 4. The SMILES string of the molecule is Cc1cccc(-n2cc(-c3ccc(Cl)cc3)nc2NC(=O)CN(CCN(C)C)C(=O)c2ccco2)c1. The highest BCUT2D eigenvalue weighted by atomic mass is 35.5. The number of rotatable bonds is 9. The summed E-state index contributed by atoms with van der Waals surface area (Å²) >= 11 is 6.05. The second-order valence-corrected chi connectivity index (χ2v) is 9.16. The summed E-state index contributed by atoms with van der Waals surface area (Å²) in [5.41, 5.74) is 3.47. The molecule has 0 bridgehead atoms. The maximum Gasteiger partial charge on any atom is 0.290 e. The lowest BCUT2D eigenvalue weighted by molar-refractivity contribution is -0.117. The van der Waals surface area contributed by atoms with Crippen molar-refractivity contribution in [1.29, 1.82) is 0 Å². The van der Waals surface area contributed by atoms with E-state index >= 15 is 0 Å². The summed E-state index contributed by atoms with van der Waals surface area (Å²) in [7, 11) is 3.82. The van der Waals surface area contributed by atoms with Gasteiger partial charge in [0.25, 0.3) is 5.91 Å². The minimum atomic E-state index is -0.365. The van der Waals surface area contributed by atoms with Gasteiger partial charge in [0.1, 0.15) is 6.54 Å². The van der Waals surface area contributed by atoms with Crippen LogP contribution in [0.4, 0.5) is 5.95 Å². The number of nitrogens with one attached hydrogen (secondary N) is 1. The number of imidazole rings is 1. The summed E-state index contributed by atoms with van der Waals surface area (Å²) in [4.78, 5) is 34.2. The average molecular weight is 506 g/mol. The Bertz CT molecular complexity index is 1330. The zero-order valence-corrected chi connectivity index (χ0v) is 21.2. The summed E-state index contributed by atoms with van der Waals surface area (Å²) in [6.07, 6.45) is 3.31. The van der Waals surface area contributed by atoms with Gasteiger partial charge in [-0.05, 0) is 63.0 Å². The highest BCUT2D eigenvalue weighted by Crippen LogP contribution is 2.26. The Balaban J connectivity index is 1.61. The van der Waals surface area contributed by atoms with Gasteiger partial charge in [-0.2, -0.15) is 0 Å². The fourth-order valence-electron chi connectivity index (χ4n) is 3.67. The van der Waals surface area contributed by atoms with Crippen LogP contribution in [0.2, 0.25) is 5.02 Å². The molecule has 9 heteroatoms. The lowest BCUT2D eigenvalue weighted by atomic mass is 10.2. The standard InChI is InChI=1S/C27H28ClN5O3/c1-19-6-4-7-22(16-19)33-17-23(20-9-11-21(28)12-10-20)29-27(33)30-25(34)18-32(14-13-31(2)3)26(35)24-8-5-15-36-24/h4-12,15-17H,13-14,18H2,1-3H3,(H,29,30,34). The monoisotopic (exact) mass is 505 g/mol. The molecule has 186 valence electrons. The van der Waals surface area contributed by atoms with Gasteiger partial charge in [0.05, 0.1) is 12.0 Å². The van der Waals surface area contributed by atoms with Gasteiger partial charge in [0, 0.05) is 35.6 Å². The second kappa shape index (κ2) is 11.2. The first kappa shape index (κ1) is 25.2. The van der Waals surface area contributed by atoms with Gasteiger partial charge in [0.15, 0.2) is 5.76 Å². The van der Waals surface area contributed by atoms with Crippen molar-refractivity contribution in [2.75, 3.05) is 39.0 Å². The predicted octanol–water partition coefficient (Wildman–Crippen LogP) is 4.74. The smallest absolute Gasteiger partial charge is 0.290 e. The van der Waals surface area contributed by atoms with Gasteiger partial charge in [-0.3, -0.25) is 19.5 Å². The molecule has 8 nitrogen and oxygen atoms in total. The van der Waals surface area contributed by atoms with Crippen LogP contribution in [0.25, 0.3) is 16.9 Å². The molecule has 2 aromatic heterocycles. The molecule has 0 aliphatic carbocycles. The molecule has 2 heterocycles. The van der Waals surface area contributed by atoms with Crippen LogP contribution in [0.5, 0.6) is 0 Å². The van der Waals surface area contributed by atoms with E-state index in [1.54, 1.807) is 24.3 Å². The van der Waals surface area contributed by atoms with E-state index in [2.05, 4.69) is 5.32 Å². The molecule has 0 spiro atoms. The summed E-state index contributed by atoms with van der Waals surface area (Å²) in [6, 6.07) is 18.5. The lowest BCUT2D eigenvalue weighted by Gasteiger charge is -2.23. The Morgan fingerprint density at radius 1 is 1.06 bits per heavy atom. The van der Waals surface area contributed by atoms with Gasteiger partial charge in [0.2, 0.25) is 11.9 Å². The molecule has 0 aliphatic heterocycles. The number of aryl methyl sites for hydroxylation is 1. The van der Waals surface area contributed by atoms with Gasteiger partial charge in [-0.15, -0.1) is 0 Å². The molecular weight excluding hydrogens is 478 g/mol. The van der Waals surface area contributed by atoms with Crippen molar-refractivity contribution in [3.05, 3.63) is 89.5 Å². The third kappa shape index (κ3) is 6.21. The van der Waals surface area contributed by atoms with E-state index in [0.29, 0.717) is 29.8 Å². The molecule has 2 aromatic carbocycles. The second-order valence-electron chi connectivity index (χ2n) is 8.72. The predicted molar refractivity (Wildman–Crippen MR) is 141 cm³/mol. The average Bonchev–Trinajstić information content (AvgIpc) is 3.52. The maximum atomic E-state index is 13.2. The fourth-order valence-corrected chi connectivity index (χ4v) is 3.80. The molecule has 4 aromatic rings. The van der Waals surface area contributed by atoms with E-state index in [1.807, 2.05) is 73.1 Å². The quantitative estimate of drug-likeness (QED) is 0.355. The third-order valence-corrected chi connectivity index (χ3v) is 5.80. The van der Waals surface area contributed by atoms with Crippen LogP contribution < -0.4 is 5.32 Å². The molecule has 0 saturated carbocycles. The summed E-state index contributed by atoms with van der Waals surface area (Å²) in [5.74, 6) is -0.168. The number of hydrogen-bond donors (Lipinski definition) is 1. The van der Waals surface area contributed by atoms with Crippen molar-refractivity contribution in [3.8, 4) is 16.9 Å². The van der Waals surface area contributed by atoms with Crippen LogP contribution >= 0.6 is 11.6 Å². The molecule has 0 radical (unpaired) electrons. The first-order valence-electron chi connectivity index (χ1n) is 11.5. The molecule has 36 heavy (non-hydrogen) atoms. The summed E-state index contributed by atoms with van der Waals surface area (Å²) in [5, 5.41) is 3.53. The molecule has 1 N–H and O–H groups in total. The largest absolute Gasteiger partial charge is 0.459 e. The Labute approximate surface area is 215 Å². The highest BCUT2D eigenvalue weighted by Gasteiger charge is 2.22. The van der Waals surface area contributed by atoms with Crippen LogP contribution in [0.1, 0.15) is 16.1 Å². The normalized spacial score (nSPS) is 11.0. The molecule has 0 fully saturated rings.